The van der Waals surface area contributed by atoms with Crippen LogP contribution in [0.3, 0.4) is 0 Å². The Labute approximate surface area is 196 Å². The molecular formula is C23H23F3N4O3S. The number of amides is 1. The van der Waals surface area contributed by atoms with E-state index in [0.717, 1.165) is 12.1 Å². The Balaban J connectivity index is 1.71. The van der Waals surface area contributed by atoms with Crippen LogP contribution >= 0.6 is 0 Å². The molecule has 0 radical (unpaired) electrons. The van der Waals surface area contributed by atoms with Gasteiger partial charge in [0.1, 0.15) is 5.56 Å². The Bertz CT molecular complexity index is 1360. The van der Waals surface area contributed by atoms with Crippen molar-refractivity contribution >= 4 is 16.7 Å². The molecule has 0 spiro atoms. The second-order valence-electron chi connectivity index (χ2n) is 8.35. The molecule has 0 saturated carbocycles. The molecular weight excluding hydrogens is 469 g/mol. The summed E-state index contributed by atoms with van der Waals surface area (Å²) in [4.78, 5) is 30.6. The lowest BCUT2D eigenvalue weighted by molar-refractivity contribution is -0.137. The molecule has 1 aliphatic heterocycles. The van der Waals surface area contributed by atoms with Crippen molar-refractivity contribution in [3.63, 3.8) is 0 Å². The van der Waals surface area contributed by atoms with Crippen LogP contribution in [0.1, 0.15) is 47.2 Å². The van der Waals surface area contributed by atoms with Gasteiger partial charge < -0.3 is 14.5 Å². The lowest BCUT2D eigenvalue weighted by Gasteiger charge is -2.20. The Hall–Kier alpha value is -3.21. The lowest BCUT2D eigenvalue weighted by atomic mass is 9.98. The first-order valence-electron chi connectivity index (χ1n) is 10.6. The fourth-order valence-corrected chi connectivity index (χ4v) is 5.20. The van der Waals surface area contributed by atoms with Crippen molar-refractivity contribution in [2.24, 2.45) is 0 Å². The summed E-state index contributed by atoms with van der Waals surface area (Å²) in [6.45, 7) is 5.94. The van der Waals surface area contributed by atoms with Crippen molar-refractivity contribution in [2.45, 2.75) is 51.2 Å². The summed E-state index contributed by atoms with van der Waals surface area (Å²) >= 11 is 0. The van der Waals surface area contributed by atoms with Crippen LogP contribution in [0.5, 0.6) is 0 Å². The summed E-state index contributed by atoms with van der Waals surface area (Å²) in [6.07, 6.45) is -1.43. The first kappa shape index (κ1) is 23.9. The number of aryl methyl sites for hydroxylation is 1. The summed E-state index contributed by atoms with van der Waals surface area (Å²) < 4.78 is 55.2. The molecule has 1 aromatic carbocycles. The van der Waals surface area contributed by atoms with Gasteiger partial charge in [-0.15, -0.1) is 0 Å². The highest BCUT2D eigenvalue weighted by Crippen LogP contribution is 2.32. The van der Waals surface area contributed by atoms with Crippen molar-refractivity contribution in [2.75, 3.05) is 5.75 Å². The molecule has 1 atom stereocenters. The van der Waals surface area contributed by atoms with Crippen LogP contribution in [0.2, 0.25) is 0 Å². The average molecular weight is 493 g/mol. The van der Waals surface area contributed by atoms with Crippen LogP contribution in [-0.2, 0) is 30.1 Å². The van der Waals surface area contributed by atoms with Gasteiger partial charge in [-0.05, 0) is 38.5 Å². The van der Waals surface area contributed by atoms with E-state index in [1.54, 1.807) is 22.3 Å². The molecule has 180 valence electrons. The van der Waals surface area contributed by atoms with Crippen molar-refractivity contribution in [3.8, 4) is 11.1 Å². The third-order valence-corrected chi connectivity index (χ3v) is 7.00. The third kappa shape index (κ3) is 4.44. The van der Waals surface area contributed by atoms with E-state index >= 15 is 0 Å². The molecule has 1 amide bonds. The predicted octanol–water partition coefficient (Wildman–Crippen LogP) is 3.67. The highest BCUT2D eigenvalue weighted by molar-refractivity contribution is 7.85. The minimum Gasteiger partial charge on any atom is -0.348 e. The highest BCUT2D eigenvalue weighted by atomic mass is 32.2. The van der Waals surface area contributed by atoms with Gasteiger partial charge in [0.2, 0.25) is 5.43 Å². The van der Waals surface area contributed by atoms with Crippen LogP contribution in [0.4, 0.5) is 13.2 Å². The summed E-state index contributed by atoms with van der Waals surface area (Å²) in [6, 6.07) is 4.38. The smallest absolute Gasteiger partial charge is 0.348 e. The number of pyridine rings is 1. The molecule has 0 fully saturated rings. The Kier molecular flexibility index (Phi) is 6.24. The standard InChI is InChI=1S/C23H23F3N4O3S/c1-13(2)30-12-18(21(32)27-10-17-11-29-7-8-34(33)22(29)28-17)20(31)19(14(30)3)15-5-4-6-16(9-15)23(24,25)26/h4-6,9,11-13H,7-8,10H2,1-3H3,(H,27,32). The molecule has 1 unspecified atom stereocenters. The number of halogens is 3. The number of alkyl halides is 3. The molecule has 11 heteroatoms. The maximum Gasteiger partial charge on any atom is 0.416 e. The van der Waals surface area contributed by atoms with Crippen LogP contribution in [0.25, 0.3) is 11.1 Å². The zero-order valence-corrected chi connectivity index (χ0v) is 19.6. The second kappa shape index (κ2) is 8.86. The number of benzene rings is 1. The van der Waals surface area contributed by atoms with Gasteiger partial charge in [0.25, 0.3) is 5.91 Å². The van der Waals surface area contributed by atoms with E-state index < -0.39 is 33.9 Å². The van der Waals surface area contributed by atoms with Crippen LogP contribution < -0.4 is 10.7 Å². The van der Waals surface area contributed by atoms with Crippen LogP contribution in [0, 0.1) is 6.92 Å². The quantitative estimate of drug-likeness (QED) is 0.589. The van der Waals surface area contributed by atoms with Gasteiger partial charge in [0.15, 0.2) is 5.16 Å². The number of nitrogens with zero attached hydrogens (tertiary/aromatic N) is 3. The molecule has 2 aromatic heterocycles. The van der Waals surface area contributed by atoms with Crippen LogP contribution in [0.15, 0.2) is 46.6 Å². The zero-order valence-electron chi connectivity index (χ0n) is 18.8. The third-order valence-electron chi connectivity index (χ3n) is 5.71. The number of hydrogen-bond donors (Lipinski definition) is 1. The Morgan fingerprint density at radius 1 is 1.26 bits per heavy atom. The number of aromatic nitrogens is 3. The lowest BCUT2D eigenvalue weighted by Crippen LogP contribution is -2.31. The largest absolute Gasteiger partial charge is 0.416 e. The van der Waals surface area contributed by atoms with E-state index in [-0.39, 0.29) is 29.3 Å². The van der Waals surface area contributed by atoms with Gasteiger partial charge in [-0.25, -0.2) is 4.98 Å². The molecule has 7 nitrogen and oxygen atoms in total. The maximum absolute atomic E-state index is 13.3. The summed E-state index contributed by atoms with van der Waals surface area (Å²) in [5, 5.41) is 3.10. The van der Waals surface area contributed by atoms with Gasteiger partial charge in [0, 0.05) is 42.0 Å². The Morgan fingerprint density at radius 3 is 2.65 bits per heavy atom. The number of carbonyl (C=O) groups excluding carboxylic acids is 1. The second-order valence-corrected chi connectivity index (χ2v) is 9.82. The fraction of sp³-hybridized carbons (Fsp3) is 0.348. The molecule has 0 aliphatic carbocycles. The number of fused-ring (bicyclic) bond motifs is 1. The molecule has 34 heavy (non-hydrogen) atoms. The van der Waals surface area contributed by atoms with E-state index in [2.05, 4.69) is 10.3 Å². The Morgan fingerprint density at radius 2 is 2.00 bits per heavy atom. The van der Waals surface area contributed by atoms with Crippen molar-refractivity contribution < 1.29 is 22.2 Å². The van der Waals surface area contributed by atoms with E-state index in [0.29, 0.717) is 28.8 Å². The number of nitrogens with one attached hydrogen (secondary N) is 1. The highest BCUT2D eigenvalue weighted by Gasteiger charge is 2.31. The number of rotatable bonds is 5. The summed E-state index contributed by atoms with van der Waals surface area (Å²) in [5.74, 6) is -0.160. The van der Waals surface area contributed by atoms with Gasteiger partial charge in [-0.1, -0.05) is 12.1 Å². The number of carbonyl (C=O) groups is 1. The molecule has 0 saturated heterocycles. The molecule has 4 rings (SSSR count). The SMILES string of the molecule is Cc1c(-c2cccc(C(F)(F)F)c2)c(=O)c(C(=O)NCc2cn3c(n2)S(=O)CC3)cn1C(C)C. The van der Waals surface area contributed by atoms with Crippen LogP contribution in [-0.4, -0.2) is 30.0 Å². The van der Waals surface area contributed by atoms with Gasteiger partial charge in [-0.2, -0.15) is 13.2 Å². The monoisotopic (exact) mass is 492 g/mol. The predicted molar refractivity (Wildman–Crippen MR) is 121 cm³/mol. The average Bonchev–Trinajstić information content (AvgIpc) is 3.33. The van der Waals surface area contributed by atoms with E-state index in [1.807, 2.05) is 13.8 Å². The minimum absolute atomic E-state index is 0.0178. The number of hydrogen-bond acceptors (Lipinski definition) is 4. The zero-order chi connectivity index (χ0) is 24.8. The molecule has 0 bridgehead atoms. The summed E-state index contributed by atoms with van der Waals surface area (Å²) in [7, 11) is -1.17. The van der Waals surface area contributed by atoms with Gasteiger partial charge in [-0.3, -0.25) is 13.8 Å². The number of imidazole rings is 1. The normalized spacial score (nSPS) is 15.6. The molecule has 3 heterocycles. The fourth-order valence-electron chi connectivity index (χ4n) is 4.03. The summed E-state index contributed by atoms with van der Waals surface area (Å²) in [5.41, 5.74) is -0.602. The van der Waals surface area contributed by atoms with Gasteiger partial charge >= 0.3 is 6.18 Å². The molecule has 3 aromatic rings. The van der Waals surface area contributed by atoms with Crippen molar-refractivity contribution in [1.82, 2.24) is 19.4 Å². The topological polar surface area (TPSA) is 86.0 Å². The van der Waals surface area contributed by atoms with Gasteiger partial charge in [0.05, 0.1) is 28.6 Å². The maximum atomic E-state index is 13.3. The van der Waals surface area contributed by atoms with E-state index in [9.17, 15) is 27.0 Å². The molecule has 1 N–H and O–H groups in total. The molecule has 1 aliphatic rings. The van der Waals surface area contributed by atoms with E-state index in [1.165, 1.54) is 18.3 Å². The van der Waals surface area contributed by atoms with Crippen molar-refractivity contribution in [3.05, 3.63) is 69.4 Å². The first-order chi connectivity index (χ1) is 16.0. The minimum atomic E-state index is -4.57. The van der Waals surface area contributed by atoms with E-state index in [4.69, 9.17) is 0 Å². The first-order valence-corrected chi connectivity index (χ1v) is 11.9. The van der Waals surface area contributed by atoms with Crippen molar-refractivity contribution in [1.29, 1.82) is 0 Å².